The lowest BCUT2D eigenvalue weighted by Crippen LogP contribution is -1.74. The molecule has 0 radical (unpaired) electrons. The fourth-order valence-electron chi connectivity index (χ4n) is 1.16. The van der Waals surface area contributed by atoms with Crippen molar-refractivity contribution in [3.63, 3.8) is 0 Å². The molecule has 2 rings (SSSR count). The molecule has 0 aliphatic rings. The third-order valence-corrected chi connectivity index (χ3v) is 1.94. The van der Waals surface area contributed by atoms with Crippen LogP contribution in [0.2, 0.25) is 0 Å². The monoisotopic (exact) mass is 164 g/mol. The SMILES string of the molecule is Cc1ccc2nn(P)cc2c1. The van der Waals surface area contributed by atoms with Gasteiger partial charge in [-0.1, -0.05) is 11.6 Å². The van der Waals surface area contributed by atoms with E-state index in [1.807, 2.05) is 12.3 Å². The molecule has 2 nitrogen and oxygen atoms in total. The van der Waals surface area contributed by atoms with Crippen molar-refractivity contribution in [2.75, 3.05) is 0 Å². The minimum Gasteiger partial charge on any atom is -0.257 e. The zero-order valence-corrected chi connectivity index (χ0v) is 7.44. The standard InChI is InChI=1S/C8H9N2P/c1-6-2-3-8-7(4-6)5-10(11)9-8/h2-5H,11H2,1H3. The maximum Gasteiger partial charge on any atom is 0.0926 e. The van der Waals surface area contributed by atoms with Crippen molar-refractivity contribution in [1.29, 1.82) is 0 Å². The highest BCUT2D eigenvalue weighted by Gasteiger charge is 1.96. The number of hydrogen-bond donors (Lipinski definition) is 0. The molecule has 1 atom stereocenters. The van der Waals surface area contributed by atoms with Crippen LogP contribution in [0, 0.1) is 6.92 Å². The summed E-state index contributed by atoms with van der Waals surface area (Å²) in [6.45, 7) is 2.08. The lowest BCUT2D eigenvalue weighted by molar-refractivity contribution is 1.03. The average molecular weight is 164 g/mol. The van der Waals surface area contributed by atoms with Gasteiger partial charge in [0, 0.05) is 11.6 Å². The summed E-state index contributed by atoms with van der Waals surface area (Å²) < 4.78 is 1.75. The van der Waals surface area contributed by atoms with Crippen LogP contribution in [0.1, 0.15) is 5.56 Å². The van der Waals surface area contributed by atoms with Crippen LogP contribution in [0.15, 0.2) is 24.4 Å². The molecule has 0 amide bonds. The van der Waals surface area contributed by atoms with E-state index in [9.17, 15) is 0 Å². The first-order chi connectivity index (χ1) is 5.25. The summed E-state index contributed by atoms with van der Waals surface area (Å²) in [4.78, 5) is 0. The molecular weight excluding hydrogens is 155 g/mol. The first kappa shape index (κ1) is 6.81. The Morgan fingerprint density at radius 1 is 1.45 bits per heavy atom. The van der Waals surface area contributed by atoms with Crippen LogP contribution < -0.4 is 0 Å². The Labute approximate surface area is 67.5 Å². The molecule has 0 aliphatic carbocycles. The highest BCUT2D eigenvalue weighted by Crippen LogP contribution is 2.14. The van der Waals surface area contributed by atoms with Crippen molar-refractivity contribution in [2.45, 2.75) is 6.92 Å². The van der Waals surface area contributed by atoms with Crippen LogP contribution in [-0.2, 0) is 0 Å². The van der Waals surface area contributed by atoms with Gasteiger partial charge in [0.05, 0.1) is 5.52 Å². The van der Waals surface area contributed by atoms with E-state index >= 15 is 0 Å². The molecule has 1 aromatic heterocycles. The zero-order valence-electron chi connectivity index (χ0n) is 6.28. The Balaban J connectivity index is 2.82. The molecule has 3 heteroatoms. The average Bonchev–Trinajstić information content (AvgIpc) is 2.27. The molecule has 0 N–H and O–H groups in total. The highest BCUT2D eigenvalue weighted by molar-refractivity contribution is 7.14. The number of rotatable bonds is 0. The van der Waals surface area contributed by atoms with Gasteiger partial charge in [-0.3, -0.25) is 4.45 Å². The van der Waals surface area contributed by atoms with E-state index in [2.05, 4.69) is 33.5 Å². The van der Waals surface area contributed by atoms with Crippen molar-refractivity contribution in [1.82, 2.24) is 9.55 Å². The lowest BCUT2D eigenvalue weighted by atomic mass is 10.2. The van der Waals surface area contributed by atoms with Gasteiger partial charge in [0.1, 0.15) is 0 Å². The third-order valence-electron chi connectivity index (χ3n) is 1.68. The topological polar surface area (TPSA) is 17.8 Å². The summed E-state index contributed by atoms with van der Waals surface area (Å²) >= 11 is 0. The molecule has 0 fully saturated rings. The van der Waals surface area contributed by atoms with Gasteiger partial charge in [-0.25, -0.2) is 0 Å². The second kappa shape index (κ2) is 2.31. The fraction of sp³-hybridized carbons (Fsp3) is 0.125. The Bertz CT molecular complexity index is 392. The largest absolute Gasteiger partial charge is 0.257 e. The van der Waals surface area contributed by atoms with Crippen molar-refractivity contribution >= 4 is 20.3 Å². The van der Waals surface area contributed by atoms with Gasteiger partial charge in [-0.2, -0.15) is 5.10 Å². The van der Waals surface area contributed by atoms with Crippen LogP contribution in [0.25, 0.3) is 10.9 Å². The maximum absolute atomic E-state index is 4.23. The molecule has 2 aromatic rings. The van der Waals surface area contributed by atoms with Crippen LogP contribution in [0.3, 0.4) is 0 Å². The van der Waals surface area contributed by atoms with Crippen LogP contribution in [0.4, 0.5) is 0 Å². The van der Waals surface area contributed by atoms with Gasteiger partial charge in [-0.05, 0) is 28.4 Å². The van der Waals surface area contributed by atoms with Gasteiger partial charge in [0.25, 0.3) is 0 Å². The van der Waals surface area contributed by atoms with E-state index < -0.39 is 0 Å². The summed E-state index contributed by atoms with van der Waals surface area (Å²) in [6.07, 6.45) is 1.99. The van der Waals surface area contributed by atoms with Crippen LogP contribution in [0.5, 0.6) is 0 Å². The van der Waals surface area contributed by atoms with E-state index in [0.29, 0.717) is 0 Å². The van der Waals surface area contributed by atoms with E-state index in [1.54, 1.807) is 4.45 Å². The highest BCUT2D eigenvalue weighted by atomic mass is 31.0. The minimum absolute atomic E-state index is 1.05. The summed E-state index contributed by atoms with van der Waals surface area (Å²) in [6, 6.07) is 6.23. The first-order valence-electron chi connectivity index (χ1n) is 3.47. The molecule has 11 heavy (non-hydrogen) atoms. The molecule has 0 aliphatic heterocycles. The van der Waals surface area contributed by atoms with E-state index in [-0.39, 0.29) is 0 Å². The Morgan fingerprint density at radius 2 is 2.27 bits per heavy atom. The molecule has 1 aromatic carbocycles. The fourth-order valence-corrected chi connectivity index (χ4v) is 1.45. The molecule has 0 bridgehead atoms. The van der Waals surface area contributed by atoms with Gasteiger partial charge < -0.3 is 0 Å². The molecule has 1 unspecified atom stereocenters. The first-order valence-corrected chi connectivity index (χ1v) is 3.98. The maximum atomic E-state index is 4.23. The molecule has 56 valence electrons. The van der Waals surface area contributed by atoms with Crippen molar-refractivity contribution in [3.8, 4) is 0 Å². The number of nitrogens with zero attached hydrogens (tertiary/aromatic N) is 2. The number of aromatic nitrogens is 2. The van der Waals surface area contributed by atoms with Crippen molar-refractivity contribution < 1.29 is 0 Å². The van der Waals surface area contributed by atoms with Crippen molar-refractivity contribution in [2.24, 2.45) is 0 Å². The normalized spacial score (nSPS) is 10.7. The second-order valence-electron chi connectivity index (χ2n) is 2.67. The minimum atomic E-state index is 1.05. The van der Waals surface area contributed by atoms with Gasteiger partial charge >= 0.3 is 0 Å². The smallest absolute Gasteiger partial charge is 0.0926 e. The van der Waals surface area contributed by atoms with Gasteiger partial charge in [0.2, 0.25) is 0 Å². The van der Waals surface area contributed by atoms with E-state index in [4.69, 9.17) is 0 Å². The Hall–Kier alpha value is -0.880. The van der Waals surface area contributed by atoms with Gasteiger partial charge in [-0.15, -0.1) is 0 Å². The number of fused-ring (bicyclic) bond motifs is 1. The predicted molar refractivity (Wildman–Crippen MR) is 49.6 cm³/mol. The summed E-state index contributed by atoms with van der Waals surface area (Å²) in [5, 5.41) is 5.43. The van der Waals surface area contributed by atoms with E-state index in [1.165, 1.54) is 10.9 Å². The molecule has 1 heterocycles. The van der Waals surface area contributed by atoms with Crippen LogP contribution in [-0.4, -0.2) is 9.55 Å². The molecule has 0 saturated carbocycles. The summed E-state index contributed by atoms with van der Waals surface area (Å²) in [7, 11) is 2.52. The Kier molecular flexibility index (Phi) is 1.43. The van der Waals surface area contributed by atoms with Crippen molar-refractivity contribution in [3.05, 3.63) is 30.0 Å². The Morgan fingerprint density at radius 3 is 3.09 bits per heavy atom. The summed E-state index contributed by atoms with van der Waals surface area (Å²) in [5.74, 6) is 0. The number of hydrogen-bond acceptors (Lipinski definition) is 1. The number of benzene rings is 1. The third kappa shape index (κ3) is 1.14. The summed E-state index contributed by atoms with van der Waals surface area (Å²) in [5.41, 5.74) is 2.32. The van der Waals surface area contributed by atoms with Crippen LogP contribution >= 0.6 is 9.39 Å². The van der Waals surface area contributed by atoms with E-state index in [0.717, 1.165) is 5.52 Å². The van der Waals surface area contributed by atoms with Gasteiger partial charge in [0.15, 0.2) is 0 Å². The second-order valence-corrected chi connectivity index (χ2v) is 3.20. The number of aryl methyl sites for hydroxylation is 1. The molecular formula is C8H9N2P. The quantitative estimate of drug-likeness (QED) is 0.544. The molecule has 0 spiro atoms. The lowest BCUT2D eigenvalue weighted by Gasteiger charge is -1.88. The predicted octanol–water partition coefficient (Wildman–Crippen LogP) is 1.98. The zero-order chi connectivity index (χ0) is 7.84. The molecule has 0 saturated heterocycles.